The normalized spacial score (nSPS) is 15.3. The van der Waals surface area contributed by atoms with Crippen molar-refractivity contribution >= 4 is 39.9 Å². The molecule has 1 fully saturated rings. The molecule has 0 radical (unpaired) electrons. The van der Waals surface area contributed by atoms with Crippen molar-refractivity contribution < 1.29 is 9.53 Å². The molecule has 2 rings (SSSR count). The van der Waals surface area contributed by atoms with Crippen molar-refractivity contribution in [2.24, 2.45) is 5.92 Å². The summed E-state index contributed by atoms with van der Waals surface area (Å²) in [5.41, 5.74) is 0.736. The van der Waals surface area contributed by atoms with E-state index in [0.29, 0.717) is 12.4 Å². The van der Waals surface area contributed by atoms with Gasteiger partial charge in [0.1, 0.15) is 5.75 Å². The molecule has 1 aliphatic rings. The van der Waals surface area contributed by atoms with Gasteiger partial charge >= 0.3 is 0 Å². The van der Waals surface area contributed by atoms with Crippen LogP contribution in [0, 0.1) is 5.92 Å². The predicted octanol–water partition coefficient (Wildman–Crippen LogP) is 3.21. The van der Waals surface area contributed by atoms with Crippen molar-refractivity contribution in [3.8, 4) is 5.75 Å². The monoisotopic (exact) mass is 362 g/mol. The molecule has 0 saturated carbocycles. The van der Waals surface area contributed by atoms with Crippen LogP contribution in [0.15, 0.2) is 22.7 Å². The van der Waals surface area contributed by atoms with Crippen LogP contribution in [0.3, 0.4) is 0 Å². The highest BCUT2D eigenvalue weighted by molar-refractivity contribution is 9.10. The Kier molecular flexibility index (Phi) is 7.34. The fourth-order valence-electron chi connectivity index (χ4n) is 2.20. The van der Waals surface area contributed by atoms with E-state index in [1.165, 1.54) is 0 Å². The van der Waals surface area contributed by atoms with E-state index < -0.39 is 0 Å². The number of carbonyl (C=O) groups excluding carboxylic acids is 1. The summed E-state index contributed by atoms with van der Waals surface area (Å²) < 4.78 is 6.46. The summed E-state index contributed by atoms with van der Waals surface area (Å²) in [7, 11) is 0. The predicted molar refractivity (Wildman–Crippen MR) is 86.8 cm³/mol. The van der Waals surface area contributed by atoms with Crippen LogP contribution < -0.4 is 15.4 Å². The number of benzene rings is 1. The van der Waals surface area contributed by atoms with Crippen molar-refractivity contribution in [3.05, 3.63) is 22.7 Å². The van der Waals surface area contributed by atoms with Gasteiger partial charge in [0.2, 0.25) is 5.91 Å². The third kappa shape index (κ3) is 4.65. The third-order valence-electron chi connectivity index (χ3n) is 3.21. The molecule has 1 heterocycles. The van der Waals surface area contributed by atoms with Crippen molar-refractivity contribution in [1.29, 1.82) is 0 Å². The van der Waals surface area contributed by atoms with Crippen LogP contribution in [0.2, 0.25) is 0 Å². The number of hydrogen-bond donors (Lipinski definition) is 2. The van der Waals surface area contributed by atoms with E-state index in [0.717, 1.165) is 36.1 Å². The molecule has 2 N–H and O–H groups in total. The number of rotatable bonds is 4. The van der Waals surface area contributed by atoms with Gasteiger partial charge in [-0.05, 0) is 51.1 Å². The minimum absolute atomic E-state index is 0. The maximum atomic E-state index is 12.2. The average Bonchev–Trinajstić information content (AvgIpc) is 2.43. The summed E-state index contributed by atoms with van der Waals surface area (Å²) in [6.45, 7) is 4.34. The van der Waals surface area contributed by atoms with E-state index in [2.05, 4.69) is 26.6 Å². The van der Waals surface area contributed by atoms with E-state index in [1.54, 1.807) is 0 Å². The van der Waals surface area contributed by atoms with Gasteiger partial charge in [-0.25, -0.2) is 0 Å². The molecule has 4 nitrogen and oxygen atoms in total. The summed E-state index contributed by atoms with van der Waals surface area (Å²) in [5, 5.41) is 6.25. The lowest BCUT2D eigenvalue weighted by molar-refractivity contribution is -0.120. The summed E-state index contributed by atoms with van der Waals surface area (Å²) in [5.74, 6) is 0.892. The molecule has 112 valence electrons. The van der Waals surface area contributed by atoms with Crippen molar-refractivity contribution in [1.82, 2.24) is 5.32 Å². The standard InChI is InChI=1S/C14H19BrN2O2.ClH/c1-2-19-13-4-3-11(15)9-12(13)17-14(18)10-5-7-16-8-6-10;/h3-4,9-10,16H,2,5-8H2,1H3,(H,17,18);1H. The number of nitrogens with one attached hydrogen (secondary N) is 2. The molecule has 0 atom stereocenters. The van der Waals surface area contributed by atoms with E-state index in [9.17, 15) is 4.79 Å². The Balaban J connectivity index is 0.00000200. The van der Waals surface area contributed by atoms with Gasteiger partial charge in [-0.3, -0.25) is 4.79 Å². The largest absolute Gasteiger partial charge is 0.492 e. The molecule has 1 aromatic carbocycles. The highest BCUT2D eigenvalue weighted by Crippen LogP contribution is 2.29. The number of halogens is 2. The van der Waals surface area contributed by atoms with Gasteiger partial charge in [0.05, 0.1) is 12.3 Å². The van der Waals surface area contributed by atoms with Gasteiger partial charge in [0, 0.05) is 10.4 Å². The van der Waals surface area contributed by atoms with Crippen LogP contribution in [0.25, 0.3) is 0 Å². The molecular weight excluding hydrogens is 344 g/mol. The van der Waals surface area contributed by atoms with Crippen LogP contribution in [0.4, 0.5) is 5.69 Å². The molecule has 0 unspecified atom stereocenters. The molecule has 1 aliphatic heterocycles. The zero-order valence-corrected chi connectivity index (χ0v) is 13.9. The van der Waals surface area contributed by atoms with Gasteiger partial charge in [-0.2, -0.15) is 0 Å². The maximum absolute atomic E-state index is 12.2. The Morgan fingerprint density at radius 3 is 2.80 bits per heavy atom. The van der Waals surface area contributed by atoms with Crippen LogP contribution in [-0.4, -0.2) is 25.6 Å². The number of hydrogen-bond acceptors (Lipinski definition) is 3. The zero-order valence-electron chi connectivity index (χ0n) is 11.4. The van der Waals surface area contributed by atoms with E-state index >= 15 is 0 Å². The number of piperidine rings is 1. The topological polar surface area (TPSA) is 50.4 Å². The first-order valence-electron chi connectivity index (χ1n) is 6.64. The molecular formula is C14H20BrClN2O2. The Hall–Kier alpha value is -0.780. The summed E-state index contributed by atoms with van der Waals surface area (Å²) in [4.78, 5) is 12.2. The average molecular weight is 364 g/mol. The van der Waals surface area contributed by atoms with Crippen molar-refractivity contribution in [3.63, 3.8) is 0 Å². The number of carbonyl (C=O) groups is 1. The van der Waals surface area contributed by atoms with Crippen molar-refractivity contribution in [2.75, 3.05) is 25.0 Å². The zero-order chi connectivity index (χ0) is 13.7. The summed E-state index contributed by atoms with van der Waals surface area (Å²) in [6.07, 6.45) is 1.79. The second-order valence-corrected chi connectivity index (χ2v) is 5.50. The molecule has 0 spiro atoms. The maximum Gasteiger partial charge on any atom is 0.227 e. The Morgan fingerprint density at radius 2 is 2.15 bits per heavy atom. The number of anilines is 1. The minimum Gasteiger partial charge on any atom is -0.492 e. The molecule has 1 amide bonds. The second kappa shape index (κ2) is 8.49. The van der Waals surface area contributed by atoms with Crippen LogP contribution >= 0.6 is 28.3 Å². The number of ether oxygens (including phenoxy) is 1. The lowest BCUT2D eigenvalue weighted by Gasteiger charge is -2.22. The first-order chi connectivity index (χ1) is 9.20. The van der Waals surface area contributed by atoms with Gasteiger partial charge in [-0.1, -0.05) is 15.9 Å². The third-order valence-corrected chi connectivity index (χ3v) is 3.70. The summed E-state index contributed by atoms with van der Waals surface area (Å²) >= 11 is 3.42. The Labute approximate surface area is 134 Å². The van der Waals surface area contributed by atoms with E-state index in [1.807, 2.05) is 25.1 Å². The van der Waals surface area contributed by atoms with Crippen LogP contribution in [-0.2, 0) is 4.79 Å². The molecule has 0 bridgehead atoms. The second-order valence-electron chi connectivity index (χ2n) is 4.59. The lowest BCUT2D eigenvalue weighted by Crippen LogP contribution is -2.34. The molecule has 0 aromatic heterocycles. The molecule has 1 aromatic rings. The quantitative estimate of drug-likeness (QED) is 0.863. The number of amides is 1. The molecule has 0 aliphatic carbocycles. The lowest BCUT2D eigenvalue weighted by atomic mass is 9.97. The molecule has 1 saturated heterocycles. The van der Waals surface area contributed by atoms with Crippen molar-refractivity contribution in [2.45, 2.75) is 19.8 Å². The highest BCUT2D eigenvalue weighted by Gasteiger charge is 2.21. The minimum atomic E-state index is 0. The van der Waals surface area contributed by atoms with Gasteiger partial charge in [0.25, 0.3) is 0 Å². The Bertz CT molecular complexity index is 451. The molecule has 20 heavy (non-hydrogen) atoms. The SMILES string of the molecule is CCOc1ccc(Br)cc1NC(=O)C1CCNCC1.Cl. The van der Waals surface area contributed by atoms with Crippen LogP contribution in [0.5, 0.6) is 5.75 Å². The fraction of sp³-hybridized carbons (Fsp3) is 0.500. The van der Waals surface area contributed by atoms with Gasteiger partial charge in [0.15, 0.2) is 0 Å². The van der Waals surface area contributed by atoms with E-state index in [4.69, 9.17) is 4.74 Å². The van der Waals surface area contributed by atoms with Crippen LogP contribution in [0.1, 0.15) is 19.8 Å². The first-order valence-corrected chi connectivity index (χ1v) is 7.44. The van der Waals surface area contributed by atoms with Gasteiger partial charge in [-0.15, -0.1) is 12.4 Å². The van der Waals surface area contributed by atoms with E-state index in [-0.39, 0.29) is 24.2 Å². The first kappa shape index (κ1) is 17.3. The molecule has 6 heteroatoms. The van der Waals surface area contributed by atoms with Gasteiger partial charge < -0.3 is 15.4 Å². The highest BCUT2D eigenvalue weighted by atomic mass is 79.9. The Morgan fingerprint density at radius 1 is 1.45 bits per heavy atom. The summed E-state index contributed by atoms with van der Waals surface area (Å²) in [6, 6.07) is 5.65. The fourth-order valence-corrected chi connectivity index (χ4v) is 2.56. The smallest absolute Gasteiger partial charge is 0.227 e.